The van der Waals surface area contributed by atoms with Crippen LogP contribution in [0.1, 0.15) is 25.8 Å². The van der Waals surface area contributed by atoms with Gasteiger partial charge < -0.3 is 0 Å². The third-order valence-electron chi connectivity index (χ3n) is 3.13. The van der Waals surface area contributed by atoms with Gasteiger partial charge in [0, 0.05) is 12.2 Å². The van der Waals surface area contributed by atoms with Crippen LogP contribution in [0, 0.1) is 0 Å². The third-order valence-corrected chi connectivity index (χ3v) is 5.80. The molecule has 3 heteroatoms. The SMILES string of the molecule is CC1=C(C)C[C@](Cl)(c2ccccc2)[S@@](=O)C1. The Morgan fingerprint density at radius 3 is 2.44 bits per heavy atom. The Hall–Kier alpha value is -0.600. The highest BCUT2D eigenvalue weighted by Crippen LogP contribution is 2.43. The second-order valence-electron chi connectivity index (χ2n) is 4.32. The fraction of sp³-hybridized carbons (Fsp3) is 0.385. The minimum atomic E-state index is -1.04. The lowest BCUT2D eigenvalue weighted by atomic mass is 10.0. The quantitative estimate of drug-likeness (QED) is 0.553. The number of allylic oxidation sites excluding steroid dienone is 1. The fourth-order valence-electron chi connectivity index (χ4n) is 1.93. The first-order valence-electron chi connectivity index (χ1n) is 5.32. The van der Waals surface area contributed by atoms with Gasteiger partial charge in [-0.15, -0.1) is 0 Å². The van der Waals surface area contributed by atoms with Crippen molar-refractivity contribution in [1.29, 1.82) is 0 Å². The Morgan fingerprint density at radius 1 is 1.19 bits per heavy atom. The summed E-state index contributed by atoms with van der Waals surface area (Å²) in [7, 11) is -1.04. The maximum absolute atomic E-state index is 12.2. The highest BCUT2D eigenvalue weighted by molar-refractivity contribution is 7.87. The van der Waals surface area contributed by atoms with Crippen LogP contribution in [0.15, 0.2) is 41.5 Å². The van der Waals surface area contributed by atoms with E-state index in [1.165, 1.54) is 11.1 Å². The lowest BCUT2D eigenvalue weighted by molar-refractivity contribution is 0.655. The van der Waals surface area contributed by atoms with E-state index in [0.717, 1.165) is 5.56 Å². The average molecular weight is 255 g/mol. The van der Waals surface area contributed by atoms with E-state index in [2.05, 4.69) is 6.92 Å². The van der Waals surface area contributed by atoms with Crippen LogP contribution in [0.2, 0.25) is 0 Å². The van der Waals surface area contributed by atoms with Gasteiger partial charge >= 0.3 is 0 Å². The molecule has 0 aromatic heterocycles. The molecule has 2 rings (SSSR count). The van der Waals surface area contributed by atoms with Crippen molar-refractivity contribution in [3.8, 4) is 0 Å². The molecule has 0 N–H and O–H groups in total. The lowest BCUT2D eigenvalue weighted by Crippen LogP contribution is -2.31. The molecule has 86 valence electrons. The molecular weight excluding hydrogens is 240 g/mol. The number of hydrogen-bond donors (Lipinski definition) is 0. The molecule has 0 aliphatic carbocycles. The summed E-state index contributed by atoms with van der Waals surface area (Å²) >= 11 is 6.58. The summed E-state index contributed by atoms with van der Waals surface area (Å²) in [5, 5.41) is 0. The molecule has 1 nitrogen and oxygen atoms in total. The molecule has 1 aromatic rings. The standard InChI is InChI=1S/C13H15ClOS/c1-10-8-13(14,16(15)9-11(10)2)12-6-4-3-5-7-12/h3-7H,8-9H2,1-2H3/t13-,16+/m1/s1. The van der Waals surface area contributed by atoms with Crippen molar-refractivity contribution in [2.45, 2.75) is 24.5 Å². The van der Waals surface area contributed by atoms with Crippen molar-refractivity contribution in [3.05, 3.63) is 47.0 Å². The van der Waals surface area contributed by atoms with Crippen LogP contribution in [0.4, 0.5) is 0 Å². The van der Waals surface area contributed by atoms with Gasteiger partial charge in [0.05, 0.1) is 10.8 Å². The van der Waals surface area contributed by atoms with E-state index in [4.69, 9.17) is 11.6 Å². The second kappa shape index (κ2) is 4.34. The van der Waals surface area contributed by atoms with Crippen molar-refractivity contribution >= 4 is 22.4 Å². The maximum Gasteiger partial charge on any atom is 0.148 e. The average Bonchev–Trinajstić information content (AvgIpc) is 2.28. The van der Waals surface area contributed by atoms with Crippen LogP contribution in [-0.2, 0) is 15.0 Å². The molecule has 1 aliphatic rings. The molecule has 0 spiro atoms. The van der Waals surface area contributed by atoms with Gasteiger partial charge in [0.25, 0.3) is 0 Å². The summed E-state index contributed by atoms with van der Waals surface area (Å²) in [6, 6.07) is 9.75. The van der Waals surface area contributed by atoms with Crippen molar-refractivity contribution < 1.29 is 4.21 Å². The van der Waals surface area contributed by atoms with E-state index in [1.807, 2.05) is 37.3 Å². The predicted octanol–water partition coefficient (Wildman–Crippen LogP) is 3.57. The number of rotatable bonds is 1. The maximum atomic E-state index is 12.2. The van der Waals surface area contributed by atoms with Crippen molar-refractivity contribution in [2.75, 3.05) is 5.75 Å². The third kappa shape index (κ3) is 1.96. The first kappa shape index (κ1) is 11.9. The molecule has 1 aromatic carbocycles. The first-order valence-corrected chi connectivity index (χ1v) is 7.02. The Labute approximate surface area is 104 Å². The van der Waals surface area contributed by atoms with Crippen LogP contribution >= 0.6 is 11.6 Å². The van der Waals surface area contributed by atoms with Crippen molar-refractivity contribution in [1.82, 2.24) is 0 Å². The number of alkyl halides is 1. The van der Waals surface area contributed by atoms with Gasteiger partial charge in [0.2, 0.25) is 0 Å². The summed E-state index contributed by atoms with van der Waals surface area (Å²) in [4.78, 5) is 0. The summed E-state index contributed by atoms with van der Waals surface area (Å²) in [5.74, 6) is 0.588. The van der Waals surface area contributed by atoms with Crippen molar-refractivity contribution in [2.24, 2.45) is 0 Å². The lowest BCUT2D eigenvalue weighted by Gasteiger charge is -2.32. The highest BCUT2D eigenvalue weighted by Gasteiger charge is 2.39. The Balaban J connectivity index is 2.44. The summed E-state index contributed by atoms with van der Waals surface area (Å²) < 4.78 is 11.5. The monoisotopic (exact) mass is 254 g/mol. The molecule has 0 fully saturated rings. The molecule has 0 saturated heterocycles. The van der Waals surface area contributed by atoms with Gasteiger partial charge in [-0.25, -0.2) is 0 Å². The molecule has 0 unspecified atom stereocenters. The highest BCUT2D eigenvalue weighted by atomic mass is 35.5. The Bertz CT molecular complexity index is 452. The molecule has 0 saturated carbocycles. The molecule has 16 heavy (non-hydrogen) atoms. The topological polar surface area (TPSA) is 17.1 Å². The van der Waals surface area contributed by atoms with Gasteiger partial charge in [0.1, 0.15) is 4.21 Å². The van der Waals surface area contributed by atoms with Crippen LogP contribution in [0.25, 0.3) is 0 Å². The van der Waals surface area contributed by atoms with Gasteiger partial charge in [-0.2, -0.15) is 0 Å². The molecule has 0 bridgehead atoms. The summed E-state index contributed by atoms with van der Waals surface area (Å²) in [5.41, 5.74) is 3.44. The smallest absolute Gasteiger partial charge is 0.148 e. The normalized spacial score (nSPS) is 30.6. The zero-order chi connectivity index (χ0) is 11.8. The van der Waals surface area contributed by atoms with Crippen LogP contribution in [0.5, 0.6) is 0 Å². The Kier molecular flexibility index (Phi) is 3.22. The Morgan fingerprint density at radius 2 is 1.81 bits per heavy atom. The molecule has 1 aliphatic heterocycles. The zero-order valence-electron chi connectivity index (χ0n) is 9.50. The molecule has 0 radical (unpaired) electrons. The molecular formula is C13H15ClOS. The minimum Gasteiger partial charge on any atom is -0.257 e. The van der Waals surface area contributed by atoms with E-state index < -0.39 is 15.0 Å². The van der Waals surface area contributed by atoms with Gasteiger partial charge in [-0.3, -0.25) is 4.21 Å². The number of halogens is 1. The van der Waals surface area contributed by atoms with Crippen LogP contribution in [0.3, 0.4) is 0 Å². The van der Waals surface area contributed by atoms with E-state index in [0.29, 0.717) is 12.2 Å². The molecule has 0 amide bonds. The number of hydrogen-bond acceptors (Lipinski definition) is 1. The largest absolute Gasteiger partial charge is 0.257 e. The van der Waals surface area contributed by atoms with Gasteiger partial charge in [0.15, 0.2) is 0 Å². The number of benzene rings is 1. The fourth-order valence-corrected chi connectivity index (χ4v) is 4.06. The van der Waals surface area contributed by atoms with E-state index in [9.17, 15) is 4.21 Å². The second-order valence-corrected chi connectivity index (χ2v) is 6.87. The summed E-state index contributed by atoms with van der Waals surface area (Å²) in [6.07, 6.45) is 0.678. The van der Waals surface area contributed by atoms with E-state index in [1.54, 1.807) is 0 Å². The van der Waals surface area contributed by atoms with Crippen molar-refractivity contribution in [3.63, 3.8) is 0 Å². The van der Waals surface area contributed by atoms with Crippen LogP contribution in [-0.4, -0.2) is 9.96 Å². The predicted molar refractivity (Wildman–Crippen MR) is 70.0 cm³/mol. The molecule has 2 atom stereocenters. The summed E-state index contributed by atoms with van der Waals surface area (Å²) in [6.45, 7) is 4.11. The zero-order valence-corrected chi connectivity index (χ0v) is 11.1. The van der Waals surface area contributed by atoms with Gasteiger partial charge in [-0.1, -0.05) is 53.1 Å². The van der Waals surface area contributed by atoms with Gasteiger partial charge in [-0.05, 0) is 19.4 Å². The molecule has 1 heterocycles. The van der Waals surface area contributed by atoms with Crippen LogP contribution < -0.4 is 0 Å². The van der Waals surface area contributed by atoms with E-state index >= 15 is 0 Å². The minimum absolute atomic E-state index is 0.588. The van der Waals surface area contributed by atoms with E-state index in [-0.39, 0.29) is 0 Å². The first-order chi connectivity index (χ1) is 7.54.